The predicted octanol–water partition coefficient (Wildman–Crippen LogP) is 1.65. The maximum absolute atomic E-state index is 12.2. The van der Waals surface area contributed by atoms with Crippen LogP contribution in [0.1, 0.15) is 22.2 Å². The number of hydrogen-bond donors (Lipinski definition) is 1. The van der Waals surface area contributed by atoms with E-state index in [1.165, 1.54) is 25.5 Å². The number of morpholine rings is 1. The number of pyridine rings is 1. The van der Waals surface area contributed by atoms with E-state index in [1.807, 2.05) is 0 Å². The third-order valence-electron chi connectivity index (χ3n) is 4.58. The summed E-state index contributed by atoms with van der Waals surface area (Å²) in [5.41, 5.74) is 1.84. The Bertz CT molecular complexity index is 955. The Morgan fingerprint density at radius 1 is 1.33 bits per heavy atom. The van der Waals surface area contributed by atoms with Crippen molar-refractivity contribution in [1.29, 1.82) is 0 Å². The highest BCUT2D eigenvalue weighted by molar-refractivity contribution is 6.29. The molecule has 2 atom stereocenters. The average Bonchev–Trinajstić information content (AvgIpc) is 2.77. The second-order valence-corrected chi connectivity index (χ2v) is 7.01. The van der Waals surface area contributed by atoms with E-state index in [2.05, 4.69) is 26.8 Å². The van der Waals surface area contributed by atoms with E-state index in [1.54, 1.807) is 24.1 Å². The molecule has 3 rings (SSSR count). The summed E-state index contributed by atoms with van der Waals surface area (Å²) in [5.74, 6) is -0.520. The van der Waals surface area contributed by atoms with E-state index >= 15 is 0 Å². The molecule has 1 aliphatic rings. The maximum Gasteiger partial charge on any atom is 0.269 e. The van der Waals surface area contributed by atoms with Crippen LogP contribution < -0.4 is 5.32 Å². The maximum atomic E-state index is 12.2. The third kappa shape index (κ3) is 4.99. The molecule has 1 aliphatic heterocycles. The van der Waals surface area contributed by atoms with Gasteiger partial charge in [-0.2, -0.15) is 0 Å². The lowest BCUT2D eigenvalue weighted by Crippen LogP contribution is -2.47. The van der Waals surface area contributed by atoms with Gasteiger partial charge in [-0.3, -0.25) is 9.59 Å². The van der Waals surface area contributed by atoms with Crippen molar-refractivity contribution in [2.75, 3.05) is 33.9 Å². The molecule has 10 heteroatoms. The quantitative estimate of drug-likeness (QED) is 0.547. The van der Waals surface area contributed by atoms with Crippen molar-refractivity contribution in [2.45, 2.75) is 12.2 Å². The van der Waals surface area contributed by atoms with Gasteiger partial charge in [-0.25, -0.2) is 15.0 Å². The zero-order valence-electron chi connectivity index (χ0n) is 16.7. The molecular weight excluding hydrogens is 410 g/mol. The summed E-state index contributed by atoms with van der Waals surface area (Å²) in [6, 6.07) is 4.99. The normalized spacial score (nSPS) is 18.7. The van der Waals surface area contributed by atoms with Crippen LogP contribution in [0.15, 0.2) is 37.2 Å². The van der Waals surface area contributed by atoms with E-state index in [4.69, 9.17) is 21.1 Å². The molecule has 9 nitrogen and oxygen atoms in total. The number of methoxy groups -OCH3 is 1. The number of halogens is 1. The van der Waals surface area contributed by atoms with Crippen molar-refractivity contribution in [2.24, 2.45) is 0 Å². The minimum atomic E-state index is -0.442. The van der Waals surface area contributed by atoms with E-state index in [-0.39, 0.29) is 28.8 Å². The Balaban J connectivity index is 1.95. The van der Waals surface area contributed by atoms with Gasteiger partial charge in [-0.05, 0) is 29.8 Å². The first-order chi connectivity index (χ1) is 14.4. The van der Waals surface area contributed by atoms with Gasteiger partial charge in [0.05, 0.1) is 30.6 Å². The Hall–Kier alpha value is -2.88. The van der Waals surface area contributed by atoms with Crippen molar-refractivity contribution in [3.63, 3.8) is 0 Å². The Labute approximate surface area is 179 Å². The molecule has 2 amide bonds. The van der Waals surface area contributed by atoms with Gasteiger partial charge < -0.3 is 19.7 Å². The zero-order chi connectivity index (χ0) is 21.7. The van der Waals surface area contributed by atoms with Gasteiger partial charge in [0.2, 0.25) is 5.91 Å². The highest BCUT2D eigenvalue weighted by Crippen LogP contribution is 2.30. The van der Waals surface area contributed by atoms with E-state index < -0.39 is 6.10 Å². The lowest BCUT2D eigenvalue weighted by atomic mass is 10.1. The molecule has 0 unspecified atom stereocenters. The minimum Gasteiger partial charge on any atom is -0.382 e. The highest BCUT2D eigenvalue weighted by Gasteiger charge is 2.31. The Morgan fingerprint density at radius 2 is 2.13 bits per heavy atom. The summed E-state index contributed by atoms with van der Waals surface area (Å²) in [6.45, 7) is 4.64. The van der Waals surface area contributed by atoms with Crippen LogP contribution in [-0.4, -0.2) is 71.6 Å². The van der Waals surface area contributed by atoms with Gasteiger partial charge in [-0.1, -0.05) is 18.2 Å². The molecule has 158 valence electrons. The third-order valence-corrected chi connectivity index (χ3v) is 4.78. The molecule has 0 saturated carbocycles. The molecular formula is C20H22ClN5O4. The first-order valence-corrected chi connectivity index (χ1v) is 9.60. The predicted molar refractivity (Wildman–Crippen MR) is 110 cm³/mol. The van der Waals surface area contributed by atoms with Crippen molar-refractivity contribution in [3.8, 4) is 11.4 Å². The van der Waals surface area contributed by atoms with Crippen molar-refractivity contribution in [3.05, 3.63) is 53.6 Å². The molecule has 2 aromatic heterocycles. The van der Waals surface area contributed by atoms with Crippen LogP contribution in [0, 0.1) is 0 Å². The van der Waals surface area contributed by atoms with E-state index in [0.29, 0.717) is 31.1 Å². The highest BCUT2D eigenvalue weighted by atomic mass is 35.5. The van der Waals surface area contributed by atoms with Gasteiger partial charge in [0.1, 0.15) is 23.3 Å². The molecule has 1 N–H and O–H groups in total. The van der Waals surface area contributed by atoms with Crippen LogP contribution >= 0.6 is 11.6 Å². The topological polar surface area (TPSA) is 107 Å². The van der Waals surface area contributed by atoms with E-state index in [0.717, 1.165) is 5.56 Å². The average molecular weight is 432 g/mol. The van der Waals surface area contributed by atoms with Crippen molar-refractivity contribution >= 4 is 23.4 Å². The first-order valence-electron chi connectivity index (χ1n) is 9.22. The number of amides is 2. The molecule has 3 heterocycles. The summed E-state index contributed by atoms with van der Waals surface area (Å²) in [4.78, 5) is 38.2. The smallest absolute Gasteiger partial charge is 0.269 e. The van der Waals surface area contributed by atoms with Crippen LogP contribution in [0.3, 0.4) is 0 Å². The summed E-state index contributed by atoms with van der Waals surface area (Å²) in [6.07, 6.45) is 1.82. The fraction of sp³-hybridized carbons (Fsp3) is 0.350. The number of nitrogens with one attached hydrogen (secondary N) is 1. The zero-order valence-corrected chi connectivity index (χ0v) is 17.4. The van der Waals surface area contributed by atoms with Crippen LogP contribution in [0.5, 0.6) is 0 Å². The molecule has 30 heavy (non-hydrogen) atoms. The second-order valence-electron chi connectivity index (χ2n) is 6.63. The van der Waals surface area contributed by atoms with Gasteiger partial charge in [0.15, 0.2) is 0 Å². The van der Waals surface area contributed by atoms with Crippen molar-refractivity contribution in [1.82, 2.24) is 25.2 Å². The van der Waals surface area contributed by atoms with Gasteiger partial charge in [-0.15, -0.1) is 0 Å². The summed E-state index contributed by atoms with van der Waals surface area (Å²) in [7, 11) is 3.10. The van der Waals surface area contributed by atoms with Gasteiger partial charge in [0, 0.05) is 20.7 Å². The molecule has 0 aromatic carbocycles. The second kappa shape index (κ2) is 9.75. The van der Waals surface area contributed by atoms with Crippen LogP contribution in [0.25, 0.3) is 11.4 Å². The standard InChI is InChI=1S/C20H22ClN5O4/c1-4-19(27)26-8-13(10-29-3)30-17(9-26)12-5-15(25-18(21)6-12)14-7-16(20(28)22-2)24-11-23-14/h4-7,11,13,17H,1,8-10H2,2-3H3,(H,22,28)/t13-,17-/m0/s1. The monoisotopic (exact) mass is 431 g/mol. The lowest BCUT2D eigenvalue weighted by molar-refractivity contribution is -0.146. The molecule has 0 radical (unpaired) electrons. The number of carbonyl (C=O) groups excluding carboxylic acids is 2. The molecule has 1 saturated heterocycles. The Kier molecular flexibility index (Phi) is 7.09. The lowest BCUT2D eigenvalue weighted by Gasteiger charge is -2.37. The summed E-state index contributed by atoms with van der Waals surface area (Å²) < 4.78 is 11.3. The molecule has 1 fully saturated rings. The molecule has 0 aliphatic carbocycles. The molecule has 0 bridgehead atoms. The number of rotatable bonds is 6. The summed E-state index contributed by atoms with van der Waals surface area (Å²) >= 11 is 6.26. The fourth-order valence-corrected chi connectivity index (χ4v) is 3.41. The number of ether oxygens (including phenoxy) is 2. The largest absolute Gasteiger partial charge is 0.382 e. The molecule has 0 spiro atoms. The SMILES string of the molecule is C=CC(=O)N1C[C@@H](COC)O[C@H](c2cc(Cl)nc(-c3cc(C(=O)NC)ncn3)c2)C1. The minimum absolute atomic E-state index is 0.184. The van der Waals surface area contributed by atoms with Gasteiger partial charge in [0.25, 0.3) is 5.91 Å². The first kappa shape index (κ1) is 21.8. The molecule has 2 aromatic rings. The number of hydrogen-bond acceptors (Lipinski definition) is 7. The fourth-order valence-electron chi connectivity index (χ4n) is 3.19. The van der Waals surface area contributed by atoms with Crippen LogP contribution in [0.2, 0.25) is 5.15 Å². The number of nitrogens with zero attached hydrogens (tertiary/aromatic N) is 4. The summed E-state index contributed by atoms with van der Waals surface area (Å²) in [5, 5.41) is 2.76. The van der Waals surface area contributed by atoms with Crippen molar-refractivity contribution < 1.29 is 19.1 Å². The van der Waals surface area contributed by atoms with Gasteiger partial charge >= 0.3 is 0 Å². The number of aromatic nitrogens is 3. The number of carbonyl (C=O) groups is 2. The van der Waals surface area contributed by atoms with Crippen LogP contribution in [0.4, 0.5) is 0 Å². The Morgan fingerprint density at radius 3 is 2.83 bits per heavy atom. The van der Waals surface area contributed by atoms with Crippen LogP contribution in [-0.2, 0) is 14.3 Å². The van der Waals surface area contributed by atoms with E-state index in [9.17, 15) is 9.59 Å².